The third-order valence-corrected chi connectivity index (χ3v) is 4.00. The van der Waals surface area contributed by atoms with Crippen LogP contribution >= 0.6 is 0 Å². The highest BCUT2D eigenvalue weighted by molar-refractivity contribution is 5.28. The second kappa shape index (κ2) is 5.68. The number of hydrogen-bond donors (Lipinski definition) is 1. The Hall–Kier alpha value is -0.820. The average molecular weight is 231 g/mol. The highest BCUT2D eigenvalue weighted by Gasteiger charge is 2.20. The van der Waals surface area contributed by atoms with Gasteiger partial charge in [0, 0.05) is 6.04 Å². The molecule has 1 aliphatic carbocycles. The molecule has 0 bridgehead atoms. The lowest BCUT2D eigenvalue weighted by molar-refractivity contribution is 0.294. The van der Waals surface area contributed by atoms with Gasteiger partial charge in [-0.15, -0.1) is 0 Å². The molecule has 0 radical (unpaired) electrons. The Kier molecular flexibility index (Phi) is 4.22. The van der Waals surface area contributed by atoms with Gasteiger partial charge >= 0.3 is 0 Å². The van der Waals surface area contributed by atoms with Crippen LogP contribution in [0.2, 0.25) is 0 Å². The van der Waals surface area contributed by atoms with Crippen molar-refractivity contribution < 1.29 is 0 Å². The lowest BCUT2D eigenvalue weighted by Crippen LogP contribution is -2.31. The van der Waals surface area contributed by atoms with Crippen LogP contribution < -0.4 is 5.32 Å². The van der Waals surface area contributed by atoms with Gasteiger partial charge in [-0.2, -0.15) is 0 Å². The molecular weight excluding hydrogens is 206 g/mol. The molecule has 2 atom stereocenters. The van der Waals surface area contributed by atoms with Gasteiger partial charge in [-0.3, -0.25) is 0 Å². The second-order valence-corrected chi connectivity index (χ2v) is 5.72. The summed E-state index contributed by atoms with van der Waals surface area (Å²) >= 11 is 0. The summed E-state index contributed by atoms with van der Waals surface area (Å²) in [6.45, 7) is 4.40. The van der Waals surface area contributed by atoms with Crippen molar-refractivity contribution in [3.05, 3.63) is 34.9 Å². The maximum atomic E-state index is 3.44. The van der Waals surface area contributed by atoms with Gasteiger partial charge in [-0.25, -0.2) is 0 Å². The van der Waals surface area contributed by atoms with Crippen LogP contribution in [0.5, 0.6) is 0 Å². The molecule has 17 heavy (non-hydrogen) atoms. The Bertz CT molecular complexity index is 350. The fraction of sp³-hybridized carbons (Fsp3) is 0.625. The van der Waals surface area contributed by atoms with E-state index in [4.69, 9.17) is 0 Å². The zero-order valence-corrected chi connectivity index (χ0v) is 11.4. The zero-order chi connectivity index (χ0) is 12.3. The predicted octanol–water partition coefficient (Wildman–Crippen LogP) is 3.62. The summed E-state index contributed by atoms with van der Waals surface area (Å²) in [6, 6.07) is 7.73. The molecule has 0 heterocycles. The van der Waals surface area contributed by atoms with Crippen molar-refractivity contribution in [3.63, 3.8) is 0 Å². The van der Waals surface area contributed by atoms with Gasteiger partial charge in [0.15, 0.2) is 0 Å². The first-order valence-electron chi connectivity index (χ1n) is 6.92. The van der Waals surface area contributed by atoms with E-state index in [-0.39, 0.29) is 0 Å². The third kappa shape index (κ3) is 3.57. The summed E-state index contributed by atoms with van der Waals surface area (Å²) in [4.78, 5) is 0. The van der Waals surface area contributed by atoms with Gasteiger partial charge in [-0.1, -0.05) is 42.2 Å². The van der Waals surface area contributed by atoms with E-state index in [1.807, 2.05) is 0 Å². The summed E-state index contributed by atoms with van der Waals surface area (Å²) in [6.07, 6.45) is 6.77. The van der Waals surface area contributed by atoms with Crippen LogP contribution in [0.4, 0.5) is 0 Å². The van der Waals surface area contributed by atoms with Crippen molar-refractivity contribution in [1.29, 1.82) is 0 Å². The Morgan fingerprint density at radius 2 is 1.82 bits per heavy atom. The van der Waals surface area contributed by atoms with E-state index in [1.165, 1.54) is 48.8 Å². The molecule has 1 nitrogen and oxygen atoms in total. The minimum atomic E-state index is 0.750. The van der Waals surface area contributed by atoms with Crippen molar-refractivity contribution >= 4 is 0 Å². The third-order valence-electron chi connectivity index (χ3n) is 4.00. The van der Waals surface area contributed by atoms with Crippen LogP contribution in [0.15, 0.2) is 18.2 Å². The van der Waals surface area contributed by atoms with Gasteiger partial charge < -0.3 is 5.32 Å². The van der Waals surface area contributed by atoms with Crippen LogP contribution in [0.1, 0.15) is 42.4 Å². The summed E-state index contributed by atoms with van der Waals surface area (Å²) in [5, 5.41) is 3.44. The van der Waals surface area contributed by atoms with Crippen LogP contribution in [0, 0.1) is 19.8 Å². The fourth-order valence-electron chi connectivity index (χ4n) is 3.26. The van der Waals surface area contributed by atoms with Crippen molar-refractivity contribution in [2.24, 2.45) is 5.92 Å². The minimum Gasteiger partial charge on any atom is -0.317 e. The molecule has 94 valence electrons. The normalized spacial score (nSPS) is 24.9. The molecule has 1 fully saturated rings. The topological polar surface area (TPSA) is 12.0 Å². The minimum absolute atomic E-state index is 0.750. The Morgan fingerprint density at radius 3 is 2.47 bits per heavy atom. The summed E-state index contributed by atoms with van der Waals surface area (Å²) in [5.41, 5.74) is 4.34. The van der Waals surface area contributed by atoms with Crippen molar-refractivity contribution in [2.45, 2.75) is 52.0 Å². The van der Waals surface area contributed by atoms with E-state index >= 15 is 0 Å². The molecular formula is C16H25N. The van der Waals surface area contributed by atoms with E-state index in [0.29, 0.717) is 0 Å². The largest absolute Gasteiger partial charge is 0.317 e. The summed E-state index contributed by atoms with van der Waals surface area (Å²) < 4.78 is 0. The molecule has 1 aliphatic rings. The fourth-order valence-corrected chi connectivity index (χ4v) is 3.26. The Morgan fingerprint density at radius 1 is 1.12 bits per heavy atom. The number of benzene rings is 1. The van der Waals surface area contributed by atoms with Crippen molar-refractivity contribution in [3.8, 4) is 0 Å². The van der Waals surface area contributed by atoms with Gasteiger partial charge in [0.1, 0.15) is 0 Å². The first kappa shape index (κ1) is 12.6. The van der Waals surface area contributed by atoms with E-state index in [2.05, 4.69) is 44.4 Å². The Labute approximate surface area is 106 Å². The molecule has 1 N–H and O–H groups in total. The standard InChI is InChI=1S/C16H25N/c1-12-7-13(2)9-15(8-12)10-14-5-4-6-16(11-14)17-3/h7-9,14,16-17H,4-6,10-11H2,1-3H3. The molecule has 2 unspecified atom stereocenters. The molecule has 0 amide bonds. The predicted molar refractivity (Wildman–Crippen MR) is 74.4 cm³/mol. The molecule has 0 aromatic heterocycles. The van der Waals surface area contributed by atoms with Crippen LogP contribution in [0.25, 0.3) is 0 Å². The number of aryl methyl sites for hydroxylation is 2. The zero-order valence-electron chi connectivity index (χ0n) is 11.4. The van der Waals surface area contributed by atoms with E-state index in [1.54, 1.807) is 0 Å². The van der Waals surface area contributed by atoms with Crippen molar-refractivity contribution in [1.82, 2.24) is 5.32 Å². The van der Waals surface area contributed by atoms with E-state index in [9.17, 15) is 0 Å². The summed E-state index contributed by atoms with van der Waals surface area (Å²) in [5.74, 6) is 0.877. The number of rotatable bonds is 3. The van der Waals surface area contributed by atoms with Gasteiger partial charge in [-0.05, 0) is 51.6 Å². The molecule has 1 saturated carbocycles. The smallest absolute Gasteiger partial charge is 0.00668 e. The quantitative estimate of drug-likeness (QED) is 0.837. The number of hydrogen-bond acceptors (Lipinski definition) is 1. The first-order chi connectivity index (χ1) is 8.17. The van der Waals surface area contributed by atoms with Crippen LogP contribution in [0.3, 0.4) is 0 Å². The Balaban J connectivity index is 2.00. The maximum absolute atomic E-state index is 3.44. The van der Waals surface area contributed by atoms with Crippen LogP contribution in [-0.4, -0.2) is 13.1 Å². The maximum Gasteiger partial charge on any atom is 0.00668 e. The molecule has 1 heteroatoms. The first-order valence-corrected chi connectivity index (χ1v) is 6.92. The molecule has 1 aromatic carbocycles. The second-order valence-electron chi connectivity index (χ2n) is 5.72. The lowest BCUT2D eigenvalue weighted by Gasteiger charge is -2.29. The summed E-state index contributed by atoms with van der Waals surface area (Å²) in [7, 11) is 2.10. The number of nitrogens with one attached hydrogen (secondary N) is 1. The monoisotopic (exact) mass is 231 g/mol. The molecule has 0 spiro atoms. The van der Waals surface area contributed by atoms with Gasteiger partial charge in [0.2, 0.25) is 0 Å². The SMILES string of the molecule is CNC1CCCC(Cc2cc(C)cc(C)c2)C1. The highest BCUT2D eigenvalue weighted by Crippen LogP contribution is 2.27. The molecule has 0 saturated heterocycles. The van der Waals surface area contributed by atoms with Crippen molar-refractivity contribution in [2.75, 3.05) is 7.05 Å². The van der Waals surface area contributed by atoms with E-state index < -0.39 is 0 Å². The lowest BCUT2D eigenvalue weighted by atomic mass is 9.82. The van der Waals surface area contributed by atoms with Gasteiger partial charge in [0.25, 0.3) is 0 Å². The molecule has 0 aliphatic heterocycles. The van der Waals surface area contributed by atoms with E-state index in [0.717, 1.165) is 12.0 Å². The average Bonchev–Trinajstić information content (AvgIpc) is 2.28. The van der Waals surface area contributed by atoms with Crippen LogP contribution in [-0.2, 0) is 6.42 Å². The highest BCUT2D eigenvalue weighted by atomic mass is 14.9. The van der Waals surface area contributed by atoms with Gasteiger partial charge in [0.05, 0.1) is 0 Å². The molecule has 2 rings (SSSR count). The molecule has 1 aromatic rings.